The van der Waals surface area contributed by atoms with E-state index >= 15 is 0 Å². The zero-order valence-corrected chi connectivity index (χ0v) is 13.4. The van der Waals surface area contributed by atoms with Gasteiger partial charge in [-0.2, -0.15) is 0 Å². The van der Waals surface area contributed by atoms with Crippen molar-refractivity contribution in [1.29, 1.82) is 0 Å². The van der Waals surface area contributed by atoms with E-state index < -0.39 is 0 Å². The second-order valence-corrected chi connectivity index (χ2v) is 5.87. The molecule has 0 spiro atoms. The molecule has 0 saturated carbocycles. The Labute approximate surface area is 124 Å². The first-order valence-electron chi connectivity index (χ1n) is 6.92. The molecule has 2 rings (SSSR count). The third-order valence-electron chi connectivity index (χ3n) is 3.90. The molecule has 0 N–H and O–H groups in total. The summed E-state index contributed by atoms with van der Waals surface area (Å²) in [6.45, 7) is 4.52. The van der Waals surface area contributed by atoms with Crippen molar-refractivity contribution in [2.75, 3.05) is 7.11 Å². The summed E-state index contributed by atoms with van der Waals surface area (Å²) in [4.78, 5) is 0.401. The molecule has 0 amide bonds. The summed E-state index contributed by atoms with van der Waals surface area (Å²) in [5.41, 5.74) is 1.37. The van der Waals surface area contributed by atoms with Crippen LogP contribution in [0.15, 0.2) is 36.4 Å². The van der Waals surface area contributed by atoms with E-state index in [1.807, 2.05) is 0 Å². The first-order chi connectivity index (χ1) is 9.22. The SMILES string of the molecule is CCC(CC)C(Br)c1ccc(OC)c2ccccc12. The van der Waals surface area contributed by atoms with Crippen molar-refractivity contribution in [1.82, 2.24) is 0 Å². The smallest absolute Gasteiger partial charge is 0.126 e. The van der Waals surface area contributed by atoms with Gasteiger partial charge in [-0.25, -0.2) is 0 Å². The van der Waals surface area contributed by atoms with Gasteiger partial charge >= 0.3 is 0 Å². The van der Waals surface area contributed by atoms with E-state index in [0.29, 0.717) is 10.7 Å². The number of alkyl halides is 1. The molecule has 0 aromatic heterocycles. The minimum absolute atomic E-state index is 0.401. The van der Waals surface area contributed by atoms with Gasteiger partial charge in [-0.3, -0.25) is 0 Å². The summed E-state index contributed by atoms with van der Waals surface area (Å²) in [7, 11) is 1.73. The van der Waals surface area contributed by atoms with Crippen LogP contribution in [0.1, 0.15) is 37.1 Å². The molecule has 2 aromatic carbocycles. The van der Waals surface area contributed by atoms with Crippen molar-refractivity contribution in [3.05, 3.63) is 42.0 Å². The zero-order valence-electron chi connectivity index (χ0n) is 11.8. The van der Waals surface area contributed by atoms with Gasteiger partial charge in [0, 0.05) is 10.2 Å². The molecule has 1 unspecified atom stereocenters. The molecule has 0 aliphatic rings. The molecule has 0 aliphatic heterocycles. The Kier molecular flexibility index (Phi) is 4.87. The van der Waals surface area contributed by atoms with Crippen molar-refractivity contribution >= 4 is 26.7 Å². The van der Waals surface area contributed by atoms with Gasteiger partial charge in [0.1, 0.15) is 5.75 Å². The minimum Gasteiger partial charge on any atom is -0.496 e. The van der Waals surface area contributed by atoms with Crippen molar-refractivity contribution in [3.63, 3.8) is 0 Å². The molecule has 0 fully saturated rings. The molecule has 19 heavy (non-hydrogen) atoms. The fourth-order valence-electron chi connectivity index (χ4n) is 2.67. The Bertz CT molecular complexity index is 546. The molecule has 1 nitrogen and oxygen atoms in total. The molecule has 0 heterocycles. The third kappa shape index (κ3) is 2.79. The van der Waals surface area contributed by atoms with E-state index in [1.165, 1.54) is 29.2 Å². The molecule has 0 radical (unpaired) electrons. The highest BCUT2D eigenvalue weighted by Gasteiger charge is 2.20. The highest BCUT2D eigenvalue weighted by molar-refractivity contribution is 9.09. The standard InChI is InChI=1S/C17H21BrO/c1-4-12(5-2)17(18)15-10-11-16(19-3)14-9-7-6-8-13(14)15/h6-12,17H,4-5H2,1-3H3. The molecule has 2 heteroatoms. The number of ether oxygens (including phenoxy) is 1. The molecule has 1 atom stereocenters. The highest BCUT2D eigenvalue weighted by atomic mass is 79.9. The van der Waals surface area contributed by atoms with Gasteiger partial charge in [0.05, 0.1) is 7.11 Å². The number of hydrogen-bond acceptors (Lipinski definition) is 1. The average molecular weight is 321 g/mol. The van der Waals surface area contributed by atoms with E-state index in [9.17, 15) is 0 Å². The fourth-order valence-corrected chi connectivity index (χ4v) is 3.82. The Morgan fingerprint density at radius 3 is 2.21 bits per heavy atom. The molecule has 0 saturated heterocycles. The van der Waals surface area contributed by atoms with E-state index in [4.69, 9.17) is 4.74 Å². The Hall–Kier alpha value is -1.02. The predicted molar refractivity (Wildman–Crippen MR) is 86.2 cm³/mol. The first-order valence-corrected chi connectivity index (χ1v) is 7.84. The van der Waals surface area contributed by atoms with Gasteiger partial charge in [0.2, 0.25) is 0 Å². The van der Waals surface area contributed by atoms with Crippen molar-refractivity contribution in [2.24, 2.45) is 5.92 Å². The summed E-state index contributed by atoms with van der Waals surface area (Å²) in [6, 6.07) is 12.7. The number of fused-ring (bicyclic) bond motifs is 1. The van der Waals surface area contributed by atoms with Crippen LogP contribution in [0.2, 0.25) is 0 Å². The summed E-state index contributed by atoms with van der Waals surface area (Å²) >= 11 is 3.90. The Balaban J connectivity index is 2.55. The Morgan fingerprint density at radius 1 is 1.00 bits per heavy atom. The molecule has 0 aliphatic carbocycles. The average Bonchev–Trinajstić information content (AvgIpc) is 2.47. The maximum atomic E-state index is 5.46. The number of methoxy groups -OCH3 is 1. The van der Waals surface area contributed by atoms with E-state index in [-0.39, 0.29) is 0 Å². The predicted octanol–water partition coefficient (Wildman–Crippen LogP) is 5.72. The second-order valence-electron chi connectivity index (χ2n) is 4.88. The summed E-state index contributed by atoms with van der Waals surface area (Å²) < 4.78 is 5.46. The molecular weight excluding hydrogens is 300 g/mol. The number of halogens is 1. The van der Waals surface area contributed by atoms with Crippen LogP contribution in [0.5, 0.6) is 5.75 Å². The summed E-state index contributed by atoms with van der Waals surface area (Å²) in [6.07, 6.45) is 2.37. The monoisotopic (exact) mass is 320 g/mol. The normalized spacial score (nSPS) is 12.9. The van der Waals surface area contributed by atoms with Crippen LogP contribution >= 0.6 is 15.9 Å². The minimum atomic E-state index is 0.401. The maximum Gasteiger partial charge on any atom is 0.126 e. The zero-order chi connectivity index (χ0) is 13.8. The summed E-state index contributed by atoms with van der Waals surface area (Å²) in [5, 5.41) is 2.48. The van der Waals surface area contributed by atoms with Gasteiger partial charge in [0.25, 0.3) is 0 Å². The van der Waals surface area contributed by atoms with Crippen LogP contribution in [0.25, 0.3) is 10.8 Å². The van der Waals surface area contributed by atoms with Crippen LogP contribution in [-0.2, 0) is 0 Å². The van der Waals surface area contributed by atoms with Crippen molar-refractivity contribution < 1.29 is 4.74 Å². The number of hydrogen-bond donors (Lipinski definition) is 0. The van der Waals surface area contributed by atoms with E-state index in [1.54, 1.807) is 7.11 Å². The topological polar surface area (TPSA) is 9.23 Å². The van der Waals surface area contributed by atoms with Crippen LogP contribution < -0.4 is 4.74 Å². The number of benzene rings is 2. The van der Waals surface area contributed by atoms with Crippen LogP contribution in [0.4, 0.5) is 0 Å². The lowest BCUT2D eigenvalue weighted by molar-refractivity contribution is 0.419. The first kappa shape index (κ1) is 14.4. The van der Waals surface area contributed by atoms with Crippen molar-refractivity contribution in [2.45, 2.75) is 31.5 Å². The lowest BCUT2D eigenvalue weighted by Gasteiger charge is -2.22. The van der Waals surface area contributed by atoms with E-state index in [2.05, 4.69) is 66.2 Å². The lowest BCUT2D eigenvalue weighted by atomic mass is 9.91. The van der Waals surface area contributed by atoms with Gasteiger partial charge in [0.15, 0.2) is 0 Å². The van der Waals surface area contributed by atoms with Crippen LogP contribution in [-0.4, -0.2) is 7.11 Å². The van der Waals surface area contributed by atoms with Crippen LogP contribution in [0, 0.1) is 5.92 Å². The molecule has 102 valence electrons. The largest absolute Gasteiger partial charge is 0.496 e. The quantitative estimate of drug-likeness (QED) is 0.640. The van der Waals surface area contributed by atoms with E-state index in [0.717, 1.165) is 5.75 Å². The number of rotatable bonds is 5. The van der Waals surface area contributed by atoms with Gasteiger partial charge in [-0.05, 0) is 22.9 Å². The Morgan fingerprint density at radius 2 is 1.63 bits per heavy atom. The fraction of sp³-hybridized carbons (Fsp3) is 0.412. The van der Waals surface area contributed by atoms with Crippen molar-refractivity contribution in [3.8, 4) is 5.75 Å². The highest BCUT2D eigenvalue weighted by Crippen LogP contribution is 2.40. The van der Waals surface area contributed by atoms with Gasteiger partial charge in [-0.1, -0.05) is 73.0 Å². The van der Waals surface area contributed by atoms with Crippen LogP contribution in [0.3, 0.4) is 0 Å². The molecule has 0 bridgehead atoms. The maximum absolute atomic E-state index is 5.46. The lowest BCUT2D eigenvalue weighted by Crippen LogP contribution is -2.06. The summed E-state index contributed by atoms with van der Waals surface area (Å²) in [5.74, 6) is 1.61. The third-order valence-corrected chi connectivity index (χ3v) is 5.14. The molecular formula is C17H21BrO. The molecule has 2 aromatic rings. The second kappa shape index (κ2) is 6.42. The van der Waals surface area contributed by atoms with Gasteiger partial charge < -0.3 is 4.74 Å². The van der Waals surface area contributed by atoms with Gasteiger partial charge in [-0.15, -0.1) is 0 Å².